The highest BCUT2D eigenvalue weighted by atomic mass is 16.4. The zero-order valence-corrected chi connectivity index (χ0v) is 9.24. The molecule has 1 N–H and O–H groups in total. The molecule has 0 saturated carbocycles. The fourth-order valence-corrected chi connectivity index (χ4v) is 2.01. The van der Waals surface area contributed by atoms with Gasteiger partial charge in [0.2, 0.25) is 5.91 Å². The van der Waals surface area contributed by atoms with Crippen molar-refractivity contribution in [2.24, 2.45) is 5.92 Å². The predicted octanol–water partition coefficient (Wildman–Crippen LogP) is 1.50. The fraction of sp³-hybridized carbons (Fsp3) is 0.818. The van der Waals surface area contributed by atoms with Crippen LogP contribution in [0.3, 0.4) is 0 Å². The lowest BCUT2D eigenvalue weighted by molar-refractivity contribution is -0.138. The summed E-state index contributed by atoms with van der Waals surface area (Å²) in [5.74, 6) is -0.257. The molecule has 1 aliphatic rings. The number of rotatable bonds is 4. The SMILES string of the molecule is CCCC(=O)N1CCC(CC(=O)O)CC1. The maximum Gasteiger partial charge on any atom is 0.303 e. The van der Waals surface area contributed by atoms with Crippen LogP contribution in [-0.4, -0.2) is 35.0 Å². The molecule has 0 atom stereocenters. The lowest BCUT2D eigenvalue weighted by Crippen LogP contribution is -2.38. The standard InChI is InChI=1S/C11H19NO3/c1-2-3-10(13)12-6-4-9(5-7-12)8-11(14)15/h9H,2-8H2,1H3,(H,14,15). The summed E-state index contributed by atoms with van der Waals surface area (Å²) < 4.78 is 0. The summed E-state index contributed by atoms with van der Waals surface area (Å²) in [6.45, 7) is 3.46. The quantitative estimate of drug-likeness (QED) is 0.770. The Kier molecular flexibility index (Phi) is 4.59. The van der Waals surface area contributed by atoms with E-state index in [4.69, 9.17) is 5.11 Å². The van der Waals surface area contributed by atoms with Gasteiger partial charge in [-0.25, -0.2) is 0 Å². The summed E-state index contributed by atoms with van der Waals surface area (Å²) in [5, 5.41) is 8.64. The summed E-state index contributed by atoms with van der Waals surface area (Å²) in [6.07, 6.45) is 3.41. The largest absolute Gasteiger partial charge is 0.481 e. The fourth-order valence-electron chi connectivity index (χ4n) is 2.01. The first-order valence-electron chi connectivity index (χ1n) is 5.63. The van der Waals surface area contributed by atoms with E-state index in [1.54, 1.807) is 0 Å². The van der Waals surface area contributed by atoms with E-state index in [0.717, 1.165) is 32.4 Å². The van der Waals surface area contributed by atoms with Gasteiger partial charge in [0.1, 0.15) is 0 Å². The molecular formula is C11H19NO3. The predicted molar refractivity (Wildman–Crippen MR) is 56.5 cm³/mol. The molecule has 86 valence electrons. The number of carbonyl (C=O) groups is 2. The Hall–Kier alpha value is -1.06. The third kappa shape index (κ3) is 3.90. The highest BCUT2D eigenvalue weighted by Crippen LogP contribution is 2.20. The minimum atomic E-state index is -0.728. The first-order chi connectivity index (χ1) is 7.13. The van der Waals surface area contributed by atoms with Crippen LogP contribution in [0.2, 0.25) is 0 Å². The molecule has 1 saturated heterocycles. The van der Waals surface area contributed by atoms with Crippen LogP contribution < -0.4 is 0 Å². The van der Waals surface area contributed by atoms with Crippen LogP contribution in [0, 0.1) is 5.92 Å². The molecule has 1 fully saturated rings. The van der Waals surface area contributed by atoms with Crippen LogP contribution in [0.5, 0.6) is 0 Å². The zero-order chi connectivity index (χ0) is 11.3. The smallest absolute Gasteiger partial charge is 0.303 e. The molecule has 4 heteroatoms. The van der Waals surface area contributed by atoms with Gasteiger partial charge in [0.15, 0.2) is 0 Å². The van der Waals surface area contributed by atoms with Gasteiger partial charge in [-0.05, 0) is 25.2 Å². The molecule has 0 bridgehead atoms. The Morgan fingerprint density at radius 3 is 2.40 bits per heavy atom. The van der Waals surface area contributed by atoms with Crippen molar-refractivity contribution >= 4 is 11.9 Å². The van der Waals surface area contributed by atoms with E-state index in [0.29, 0.717) is 6.42 Å². The number of carboxylic acids is 1. The summed E-state index contributed by atoms with van der Waals surface area (Å²) in [7, 11) is 0. The molecule has 1 rings (SSSR count). The van der Waals surface area contributed by atoms with Crippen molar-refractivity contribution in [3.8, 4) is 0 Å². The number of piperidine rings is 1. The van der Waals surface area contributed by atoms with Gasteiger partial charge in [-0.1, -0.05) is 6.92 Å². The number of hydrogen-bond donors (Lipinski definition) is 1. The van der Waals surface area contributed by atoms with E-state index >= 15 is 0 Å². The summed E-state index contributed by atoms with van der Waals surface area (Å²) in [4.78, 5) is 23.9. The third-order valence-corrected chi connectivity index (χ3v) is 2.89. The second-order valence-corrected chi connectivity index (χ2v) is 4.17. The second-order valence-electron chi connectivity index (χ2n) is 4.17. The van der Waals surface area contributed by atoms with Crippen LogP contribution in [0.1, 0.15) is 39.0 Å². The monoisotopic (exact) mass is 213 g/mol. The maximum atomic E-state index is 11.5. The Balaban J connectivity index is 2.29. The normalized spacial score (nSPS) is 17.8. The van der Waals surface area contributed by atoms with Crippen molar-refractivity contribution in [3.63, 3.8) is 0 Å². The van der Waals surface area contributed by atoms with Crippen molar-refractivity contribution in [2.75, 3.05) is 13.1 Å². The number of nitrogens with zero attached hydrogens (tertiary/aromatic N) is 1. The van der Waals surface area contributed by atoms with Crippen LogP contribution in [-0.2, 0) is 9.59 Å². The molecule has 0 aromatic rings. The average molecular weight is 213 g/mol. The number of hydrogen-bond acceptors (Lipinski definition) is 2. The minimum absolute atomic E-state index is 0.214. The van der Waals surface area contributed by atoms with E-state index in [2.05, 4.69) is 0 Å². The lowest BCUT2D eigenvalue weighted by atomic mass is 9.93. The molecule has 0 spiro atoms. The molecule has 0 radical (unpaired) electrons. The average Bonchev–Trinajstić information content (AvgIpc) is 2.18. The maximum absolute atomic E-state index is 11.5. The first kappa shape index (κ1) is 12.0. The molecule has 1 amide bonds. The Bertz CT molecular complexity index is 232. The van der Waals surface area contributed by atoms with E-state index in [-0.39, 0.29) is 18.2 Å². The molecule has 0 aromatic carbocycles. The molecular weight excluding hydrogens is 194 g/mol. The molecule has 0 aromatic heterocycles. The number of carbonyl (C=O) groups excluding carboxylic acids is 1. The first-order valence-corrected chi connectivity index (χ1v) is 5.63. The van der Waals surface area contributed by atoms with Gasteiger partial charge in [0.25, 0.3) is 0 Å². The highest BCUT2D eigenvalue weighted by Gasteiger charge is 2.23. The van der Waals surface area contributed by atoms with Gasteiger partial charge >= 0.3 is 5.97 Å². The topological polar surface area (TPSA) is 57.6 Å². The van der Waals surface area contributed by atoms with E-state index in [1.807, 2.05) is 11.8 Å². The van der Waals surface area contributed by atoms with Crippen molar-refractivity contribution in [1.82, 2.24) is 4.90 Å². The lowest BCUT2D eigenvalue weighted by Gasteiger charge is -2.31. The number of aliphatic carboxylic acids is 1. The van der Waals surface area contributed by atoms with Crippen LogP contribution in [0.4, 0.5) is 0 Å². The van der Waals surface area contributed by atoms with Crippen molar-refractivity contribution < 1.29 is 14.7 Å². The Morgan fingerprint density at radius 1 is 1.33 bits per heavy atom. The van der Waals surface area contributed by atoms with Gasteiger partial charge in [-0.15, -0.1) is 0 Å². The molecule has 0 unspecified atom stereocenters. The van der Waals surface area contributed by atoms with Gasteiger partial charge in [0, 0.05) is 25.9 Å². The van der Waals surface area contributed by atoms with Crippen LogP contribution in [0.25, 0.3) is 0 Å². The van der Waals surface area contributed by atoms with Crippen LogP contribution in [0.15, 0.2) is 0 Å². The number of carboxylic acid groups (broad SMARTS) is 1. The molecule has 0 aliphatic carbocycles. The van der Waals surface area contributed by atoms with Crippen molar-refractivity contribution in [3.05, 3.63) is 0 Å². The van der Waals surface area contributed by atoms with E-state index in [1.165, 1.54) is 0 Å². The summed E-state index contributed by atoms with van der Waals surface area (Å²) in [6, 6.07) is 0. The third-order valence-electron chi connectivity index (χ3n) is 2.89. The van der Waals surface area contributed by atoms with Crippen molar-refractivity contribution in [2.45, 2.75) is 39.0 Å². The van der Waals surface area contributed by atoms with E-state index in [9.17, 15) is 9.59 Å². The van der Waals surface area contributed by atoms with Gasteiger partial charge in [-0.3, -0.25) is 9.59 Å². The second kappa shape index (κ2) is 5.73. The van der Waals surface area contributed by atoms with Crippen molar-refractivity contribution in [1.29, 1.82) is 0 Å². The van der Waals surface area contributed by atoms with Gasteiger partial charge in [-0.2, -0.15) is 0 Å². The molecule has 1 heterocycles. The molecule has 1 aliphatic heterocycles. The molecule has 4 nitrogen and oxygen atoms in total. The summed E-state index contributed by atoms with van der Waals surface area (Å²) >= 11 is 0. The number of likely N-dealkylation sites (tertiary alicyclic amines) is 1. The zero-order valence-electron chi connectivity index (χ0n) is 9.24. The Labute approximate surface area is 90.3 Å². The Morgan fingerprint density at radius 2 is 1.93 bits per heavy atom. The van der Waals surface area contributed by atoms with Gasteiger partial charge < -0.3 is 10.0 Å². The summed E-state index contributed by atoms with van der Waals surface area (Å²) in [5.41, 5.74) is 0. The molecule has 15 heavy (non-hydrogen) atoms. The van der Waals surface area contributed by atoms with Gasteiger partial charge in [0.05, 0.1) is 0 Å². The highest BCUT2D eigenvalue weighted by molar-refractivity contribution is 5.76. The minimum Gasteiger partial charge on any atom is -0.481 e. The van der Waals surface area contributed by atoms with E-state index < -0.39 is 5.97 Å². The number of amides is 1. The van der Waals surface area contributed by atoms with Crippen LogP contribution >= 0.6 is 0 Å².